The molecule has 79 heavy (non-hydrogen) atoms. The third-order valence-electron chi connectivity index (χ3n) is 13.8. The number of ether oxygens (including phenoxy) is 8. The molecule has 0 bridgehead atoms. The Morgan fingerprint density at radius 1 is 0.684 bits per heavy atom. The van der Waals surface area contributed by atoms with E-state index in [2.05, 4.69) is 16.0 Å². The highest BCUT2D eigenvalue weighted by Crippen LogP contribution is 2.39. The zero-order chi connectivity index (χ0) is 59.1. The summed E-state index contributed by atoms with van der Waals surface area (Å²) in [5.41, 5.74) is 0. The van der Waals surface area contributed by atoms with E-state index in [0.717, 1.165) is 6.92 Å². The molecule has 15 unspecified atom stereocenters. The van der Waals surface area contributed by atoms with Crippen molar-refractivity contribution in [1.82, 2.24) is 21.3 Å². The van der Waals surface area contributed by atoms with E-state index in [4.69, 9.17) is 43.0 Å². The molecule has 0 aromatic heterocycles. The zero-order valence-corrected chi connectivity index (χ0v) is 41.9. The van der Waals surface area contributed by atoms with Gasteiger partial charge in [0.25, 0.3) is 0 Å². The lowest BCUT2D eigenvalue weighted by atomic mass is 9.88. The Hall–Kier alpha value is -4.30. The number of aliphatic hydroxyl groups excluding tert-OH is 15. The SMILES string of the molecule is CC(=O)NC1C(O)O[C@@H](CO)[C@@H](OC2OC(CO)[C@H](O)[C@H](OC3(C(=O)[O-])C[C@@H](O)[C@H](NC(=O)NCC4OC(CC(=O)N[C@@H](CCC(=O)O)C(=O)O)C(O)C(O)C4O)C([C@H](O)[C@H](O)CO)O3)[C@@H]2O)C1O[C@@H]1O[C@@H](C)C(O)C(O)C1O. The summed E-state index contributed by atoms with van der Waals surface area (Å²) in [5.74, 6) is -10.8. The number of carboxylic acids is 3. The van der Waals surface area contributed by atoms with Crippen LogP contribution in [0.15, 0.2) is 0 Å². The van der Waals surface area contributed by atoms with E-state index in [9.17, 15) is 116 Å². The Morgan fingerprint density at radius 3 is 1.87 bits per heavy atom. The van der Waals surface area contributed by atoms with Gasteiger partial charge in [0.05, 0.1) is 50.6 Å². The third-order valence-corrected chi connectivity index (χ3v) is 13.8. The van der Waals surface area contributed by atoms with Crippen LogP contribution in [0.1, 0.15) is 39.5 Å². The van der Waals surface area contributed by atoms with Crippen molar-refractivity contribution in [3.63, 3.8) is 0 Å². The molecule has 5 aliphatic heterocycles. The van der Waals surface area contributed by atoms with Crippen LogP contribution in [0.5, 0.6) is 0 Å². The lowest BCUT2D eigenvalue weighted by molar-refractivity contribution is -0.412. The Kier molecular flexibility index (Phi) is 23.3. The monoisotopic (exact) mass is 1150 g/mol. The Labute approximate surface area is 445 Å². The van der Waals surface area contributed by atoms with Crippen LogP contribution in [0.25, 0.3) is 0 Å². The highest BCUT2D eigenvalue weighted by atomic mass is 16.8. The molecule has 5 heterocycles. The van der Waals surface area contributed by atoms with E-state index in [-0.39, 0.29) is 0 Å². The summed E-state index contributed by atoms with van der Waals surface area (Å²) < 4.78 is 45.3. The predicted molar refractivity (Wildman–Crippen MR) is 241 cm³/mol. The van der Waals surface area contributed by atoms with Crippen molar-refractivity contribution < 1.29 is 159 Å². The number of carbonyl (C=O) groups is 6. The first-order chi connectivity index (χ1) is 37.0. The first-order valence-electron chi connectivity index (χ1n) is 24.6. The zero-order valence-electron chi connectivity index (χ0n) is 41.9. The second-order valence-corrected chi connectivity index (χ2v) is 19.4. The molecule has 5 saturated heterocycles. The molecule has 36 nitrogen and oxygen atoms in total. The molecular weight excluding hydrogens is 1080 g/mol. The second kappa shape index (κ2) is 28.1. The number of urea groups is 1. The minimum absolute atomic E-state index is 0.540. The van der Waals surface area contributed by atoms with Gasteiger partial charge in [-0.1, -0.05) is 0 Å². The van der Waals surface area contributed by atoms with E-state index in [1.54, 1.807) is 0 Å². The Morgan fingerprint density at radius 2 is 1.29 bits per heavy atom. The average molecular weight is 1150 g/mol. The molecule has 5 rings (SSSR count). The minimum atomic E-state index is -3.48. The Balaban J connectivity index is 1.36. The van der Waals surface area contributed by atoms with Crippen molar-refractivity contribution >= 4 is 35.8 Å². The molecule has 0 aromatic rings. The summed E-state index contributed by atoms with van der Waals surface area (Å²) in [6.07, 6.45) is -50.0. The van der Waals surface area contributed by atoms with Crippen LogP contribution < -0.4 is 26.4 Å². The second-order valence-electron chi connectivity index (χ2n) is 19.4. The van der Waals surface area contributed by atoms with Gasteiger partial charge in [-0.2, -0.15) is 0 Å². The van der Waals surface area contributed by atoms with E-state index in [1.807, 2.05) is 5.32 Å². The highest BCUT2D eigenvalue weighted by Gasteiger charge is 2.59. The normalized spacial score (nSPS) is 41.9. The molecule has 5 fully saturated rings. The van der Waals surface area contributed by atoms with Gasteiger partial charge in [0, 0.05) is 26.3 Å². The molecule has 21 N–H and O–H groups in total. The lowest BCUT2D eigenvalue weighted by Crippen LogP contribution is -2.73. The Bertz CT molecular complexity index is 2070. The van der Waals surface area contributed by atoms with E-state index >= 15 is 0 Å². The molecule has 0 saturated carbocycles. The quantitative estimate of drug-likeness (QED) is 0.0452. The van der Waals surface area contributed by atoms with Gasteiger partial charge in [0.1, 0.15) is 122 Å². The molecule has 0 aliphatic carbocycles. The summed E-state index contributed by atoms with van der Waals surface area (Å²) in [5, 5.41) is 201. The summed E-state index contributed by atoms with van der Waals surface area (Å²) >= 11 is 0. The van der Waals surface area contributed by atoms with Crippen LogP contribution in [0, 0.1) is 0 Å². The summed E-state index contributed by atoms with van der Waals surface area (Å²) in [4.78, 5) is 74.2. The molecule has 4 amide bonds. The van der Waals surface area contributed by atoms with Crippen LogP contribution in [-0.2, 0) is 61.9 Å². The summed E-state index contributed by atoms with van der Waals surface area (Å²) in [6, 6.07) is -6.85. The average Bonchev–Trinajstić information content (AvgIpc) is 3.47. The maximum atomic E-state index is 13.4. The third kappa shape index (κ3) is 15.4. The fraction of sp³-hybridized carbons (Fsp3) is 0.860. The van der Waals surface area contributed by atoms with Crippen molar-refractivity contribution in [3.05, 3.63) is 0 Å². The number of nitrogens with one attached hydrogen (secondary N) is 4. The van der Waals surface area contributed by atoms with Crippen molar-refractivity contribution in [3.8, 4) is 0 Å². The van der Waals surface area contributed by atoms with Gasteiger partial charge in [-0.05, 0) is 13.3 Å². The number of rotatable bonds is 23. The van der Waals surface area contributed by atoms with Crippen LogP contribution in [0.2, 0.25) is 0 Å². The number of amides is 4. The summed E-state index contributed by atoms with van der Waals surface area (Å²) in [7, 11) is 0. The van der Waals surface area contributed by atoms with Crippen molar-refractivity contribution in [2.75, 3.05) is 26.4 Å². The van der Waals surface area contributed by atoms with Crippen LogP contribution in [0.4, 0.5) is 4.79 Å². The number of aliphatic hydroxyl groups is 15. The van der Waals surface area contributed by atoms with Crippen LogP contribution >= 0.6 is 0 Å². The molecule has 454 valence electrons. The molecule has 0 radical (unpaired) electrons. The molecule has 5 aliphatic rings. The largest absolute Gasteiger partial charge is 0.544 e. The number of carboxylic acid groups (broad SMARTS) is 3. The number of hydrogen-bond acceptors (Lipinski definition) is 30. The van der Waals surface area contributed by atoms with Gasteiger partial charge in [-0.3, -0.25) is 14.4 Å². The maximum Gasteiger partial charge on any atom is 0.326 e. The van der Waals surface area contributed by atoms with Gasteiger partial charge < -0.3 is 156 Å². The molecule has 27 atom stereocenters. The van der Waals surface area contributed by atoms with Crippen molar-refractivity contribution in [2.45, 2.75) is 204 Å². The number of hydrogen-bond donors (Lipinski definition) is 21. The van der Waals surface area contributed by atoms with E-state index < -0.39 is 253 Å². The standard InChI is InChI=1S/C43H70N4O32/c1-11-24(57)29(62)31(64)39(72-11)77-35-23(45-12(2)51)38(68)74-19(10-50)33(35)76-40-32(65)36(28(61)18(9-49)75-40)79-43(41(69)70)6-14(52)22(34(78-43)25(58)15(53)8-48)47-42(71)44-7-17-27(60)30(63)26(59)16(73-17)5-20(54)46-13(37(66)67)3-4-21(55)56/h11,13-19,22-36,38-40,48-50,52-53,57-65,68H,3-10H2,1-2H3,(H,45,51)(H,46,54)(H,55,56)(H,66,67)(H,69,70)(H2,44,47,71)/p-1/t11-,13-,14+,15+,16?,17?,18?,19-,22-,23?,24?,25+,26?,27?,28-,29?,30?,31?,32-,33+,34?,35?,36-,38?,39-,40?,43?/m0/s1. The molecule has 0 spiro atoms. The fourth-order valence-corrected chi connectivity index (χ4v) is 9.47. The predicted octanol–water partition coefficient (Wildman–Crippen LogP) is -13.7. The van der Waals surface area contributed by atoms with Gasteiger partial charge in [-0.15, -0.1) is 0 Å². The number of aliphatic carboxylic acids is 3. The topological polar surface area (TPSA) is 591 Å². The van der Waals surface area contributed by atoms with Gasteiger partial charge in [0.15, 0.2) is 18.9 Å². The maximum absolute atomic E-state index is 13.4. The van der Waals surface area contributed by atoms with Crippen molar-refractivity contribution in [1.29, 1.82) is 0 Å². The van der Waals surface area contributed by atoms with Crippen molar-refractivity contribution in [2.24, 2.45) is 0 Å². The van der Waals surface area contributed by atoms with Crippen LogP contribution in [0.3, 0.4) is 0 Å². The molecular formula is C43H69N4O32-. The van der Waals surface area contributed by atoms with Gasteiger partial charge >= 0.3 is 18.0 Å². The minimum Gasteiger partial charge on any atom is -0.544 e. The summed E-state index contributed by atoms with van der Waals surface area (Å²) in [6.45, 7) is -2.07. The van der Waals surface area contributed by atoms with Gasteiger partial charge in [0.2, 0.25) is 17.6 Å². The van der Waals surface area contributed by atoms with Crippen LogP contribution in [-0.4, -0.2) is 314 Å². The fourth-order valence-electron chi connectivity index (χ4n) is 9.47. The number of carbonyl (C=O) groups excluding carboxylic acids is 4. The molecule has 0 aromatic carbocycles. The highest BCUT2D eigenvalue weighted by molar-refractivity contribution is 5.84. The smallest absolute Gasteiger partial charge is 0.326 e. The first-order valence-corrected chi connectivity index (χ1v) is 24.6. The first kappa shape index (κ1) is 65.5. The lowest BCUT2D eigenvalue weighted by Gasteiger charge is -2.52. The molecule has 36 heteroatoms. The van der Waals surface area contributed by atoms with E-state index in [0.29, 0.717) is 0 Å². The van der Waals surface area contributed by atoms with Gasteiger partial charge in [-0.25, -0.2) is 9.59 Å². The van der Waals surface area contributed by atoms with E-state index in [1.165, 1.54) is 6.92 Å².